The summed E-state index contributed by atoms with van der Waals surface area (Å²) in [5, 5.41) is 0. The Hall–Kier alpha value is -1.63. The van der Waals surface area contributed by atoms with Gasteiger partial charge in [-0.1, -0.05) is 41.5 Å². The van der Waals surface area contributed by atoms with E-state index in [4.69, 9.17) is 19.2 Å². The molecule has 9 atom stereocenters. The Balaban J connectivity index is 2.10. The van der Waals surface area contributed by atoms with Crippen LogP contribution in [-0.2, 0) is 19.0 Å². The van der Waals surface area contributed by atoms with Crippen molar-refractivity contribution in [1.29, 1.82) is 0 Å². The second-order valence-corrected chi connectivity index (χ2v) is 11.2. The van der Waals surface area contributed by atoms with Crippen LogP contribution < -0.4 is 0 Å². The number of nitrogens with zero attached hydrogens (tertiary/aromatic N) is 2. The van der Waals surface area contributed by atoms with Crippen LogP contribution in [0.1, 0.15) is 74.7 Å². The highest BCUT2D eigenvalue weighted by molar-refractivity contribution is 5.91. The number of rotatable bonds is 2. The third-order valence-corrected chi connectivity index (χ3v) is 8.86. The topological polar surface area (TPSA) is 77.4 Å². The van der Waals surface area contributed by atoms with Gasteiger partial charge in [-0.2, -0.15) is 0 Å². The van der Waals surface area contributed by atoms with E-state index in [0.29, 0.717) is 19.5 Å². The largest absolute Gasteiger partial charge is 0.458 e. The molecule has 0 radical (unpaired) electrons. The van der Waals surface area contributed by atoms with E-state index in [0.717, 1.165) is 18.6 Å². The lowest BCUT2D eigenvalue weighted by molar-refractivity contribution is -0.171. The van der Waals surface area contributed by atoms with Gasteiger partial charge in [-0.15, -0.1) is 0 Å². The quantitative estimate of drug-likeness (QED) is 0.553. The molecular weight excluding hydrogens is 420 g/mol. The molecule has 2 bridgehead atoms. The molecule has 33 heavy (non-hydrogen) atoms. The van der Waals surface area contributed by atoms with Crippen LogP contribution in [-0.4, -0.2) is 66.2 Å². The van der Waals surface area contributed by atoms with Gasteiger partial charge in [0.25, 0.3) is 0 Å². The van der Waals surface area contributed by atoms with Crippen LogP contribution in [0.5, 0.6) is 0 Å². The molecule has 7 nitrogen and oxygen atoms in total. The van der Waals surface area contributed by atoms with E-state index in [1.54, 1.807) is 12.0 Å². The number of amides is 1. The van der Waals surface area contributed by atoms with E-state index in [1.807, 2.05) is 20.8 Å². The molecule has 2 unspecified atom stereocenters. The van der Waals surface area contributed by atoms with Gasteiger partial charge in [-0.25, -0.2) is 4.79 Å². The molecule has 0 aliphatic carbocycles. The number of aliphatic imine (C=N–C) groups is 1. The number of carbonyl (C=O) groups is 2. The van der Waals surface area contributed by atoms with Crippen molar-refractivity contribution in [1.82, 2.24) is 4.90 Å². The van der Waals surface area contributed by atoms with E-state index < -0.39 is 11.7 Å². The second kappa shape index (κ2) is 9.55. The highest BCUT2D eigenvalue weighted by Gasteiger charge is 2.59. The van der Waals surface area contributed by atoms with Gasteiger partial charge in [-0.3, -0.25) is 14.7 Å². The Morgan fingerprint density at radius 1 is 1.09 bits per heavy atom. The zero-order valence-corrected chi connectivity index (χ0v) is 22.0. The fourth-order valence-corrected chi connectivity index (χ4v) is 6.61. The van der Waals surface area contributed by atoms with Gasteiger partial charge in [0.1, 0.15) is 6.10 Å². The number of esters is 1. The summed E-state index contributed by atoms with van der Waals surface area (Å²) in [6, 6.07) is -0.241. The number of methoxy groups -OCH3 is 1. The Kier molecular flexibility index (Phi) is 7.52. The Morgan fingerprint density at radius 2 is 1.76 bits per heavy atom. The summed E-state index contributed by atoms with van der Waals surface area (Å²) in [6.07, 6.45) is 1.40. The number of ether oxygens (including phenoxy) is 3. The summed E-state index contributed by atoms with van der Waals surface area (Å²) in [5.74, 6) is 0.0635. The average molecular weight is 465 g/mol. The molecule has 0 aromatic heterocycles. The highest BCUT2D eigenvalue weighted by atomic mass is 16.6. The maximum Gasteiger partial charge on any atom is 0.410 e. The number of fused-ring (bicyclic) bond motifs is 1. The first-order chi connectivity index (χ1) is 15.4. The normalized spacial score (nSPS) is 44.9. The first-order valence-electron chi connectivity index (χ1n) is 12.7. The maximum absolute atomic E-state index is 13.3. The summed E-state index contributed by atoms with van der Waals surface area (Å²) in [7, 11) is 1.78. The van der Waals surface area contributed by atoms with E-state index in [-0.39, 0.29) is 53.3 Å². The standard InChI is InChI=1S/C26H44N2O5/c1-10-20-26(8)22-19(6)21(27-11-12-28(22)24(30)33-26)16(3)14-25(7,31-9)13-15(2)17(4)18(5)23(29)32-20/h15-20,22H,10-14H2,1-9H3/t15-,16-,17+,18?,19?,20-,22-,25+,26-/m1/s1. The molecule has 3 aliphatic heterocycles. The van der Waals surface area contributed by atoms with E-state index >= 15 is 0 Å². The average Bonchev–Trinajstić information content (AvgIpc) is 2.89. The van der Waals surface area contributed by atoms with Gasteiger partial charge < -0.3 is 14.2 Å². The van der Waals surface area contributed by atoms with Gasteiger partial charge in [0.05, 0.1) is 24.1 Å². The van der Waals surface area contributed by atoms with E-state index in [9.17, 15) is 9.59 Å². The smallest absolute Gasteiger partial charge is 0.410 e. The monoisotopic (exact) mass is 464 g/mol. The highest BCUT2D eigenvalue weighted by Crippen LogP contribution is 2.43. The predicted molar refractivity (Wildman–Crippen MR) is 128 cm³/mol. The van der Waals surface area contributed by atoms with Crippen molar-refractivity contribution in [3.8, 4) is 0 Å². The molecule has 0 N–H and O–H groups in total. The third kappa shape index (κ3) is 4.67. The number of hydrogen-bond acceptors (Lipinski definition) is 6. The molecule has 3 aliphatic rings. The van der Waals surface area contributed by atoms with Gasteiger partial charge in [0.2, 0.25) is 0 Å². The van der Waals surface area contributed by atoms with Crippen LogP contribution in [0.3, 0.4) is 0 Å². The van der Waals surface area contributed by atoms with Crippen molar-refractivity contribution >= 4 is 17.8 Å². The minimum absolute atomic E-state index is 0.0236. The number of hydrogen-bond donors (Lipinski definition) is 0. The van der Waals surface area contributed by atoms with Crippen molar-refractivity contribution in [3.05, 3.63) is 0 Å². The first-order valence-corrected chi connectivity index (χ1v) is 12.7. The molecule has 0 aromatic rings. The fourth-order valence-electron chi connectivity index (χ4n) is 6.61. The van der Waals surface area contributed by atoms with Crippen molar-refractivity contribution in [3.63, 3.8) is 0 Å². The molecule has 1 amide bonds. The second-order valence-electron chi connectivity index (χ2n) is 11.2. The van der Waals surface area contributed by atoms with Crippen LogP contribution in [0.4, 0.5) is 4.79 Å². The van der Waals surface area contributed by atoms with Gasteiger partial charge in [-0.05, 0) is 50.9 Å². The Bertz CT molecular complexity index is 785. The van der Waals surface area contributed by atoms with Gasteiger partial charge in [0.15, 0.2) is 5.60 Å². The number of cyclic esters (lactones) is 1. The lowest BCUT2D eigenvalue weighted by Crippen LogP contribution is -2.57. The van der Waals surface area contributed by atoms with Crippen LogP contribution in [0.2, 0.25) is 0 Å². The molecule has 7 heteroatoms. The van der Waals surface area contributed by atoms with Crippen molar-refractivity contribution in [2.45, 2.75) is 98.0 Å². The summed E-state index contributed by atoms with van der Waals surface area (Å²) in [4.78, 5) is 33.0. The van der Waals surface area contributed by atoms with E-state index in [2.05, 4.69) is 34.6 Å². The number of carbonyl (C=O) groups excluding carboxylic acids is 2. The third-order valence-electron chi connectivity index (χ3n) is 8.86. The van der Waals surface area contributed by atoms with Crippen molar-refractivity contribution < 1.29 is 23.8 Å². The fraction of sp³-hybridized carbons (Fsp3) is 0.885. The molecule has 0 aromatic carbocycles. The van der Waals surface area contributed by atoms with Crippen molar-refractivity contribution in [2.24, 2.45) is 34.6 Å². The molecule has 0 saturated carbocycles. The van der Waals surface area contributed by atoms with Crippen LogP contribution in [0.15, 0.2) is 4.99 Å². The summed E-state index contributed by atoms with van der Waals surface area (Å²) < 4.78 is 18.2. The molecule has 2 saturated heterocycles. The molecule has 188 valence electrons. The van der Waals surface area contributed by atoms with Crippen LogP contribution >= 0.6 is 0 Å². The van der Waals surface area contributed by atoms with E-state index in [1.165, 1.54) is 0 Å². The van der Waals surface area contributed by atoms with Gasteiger partial charge in [0, 0.05) is 25.3 Å². The molecule has 0 spiro atoms. The predicted octanol–water partition coefficient (Wildman–Crippen LogP) is 4.72. The lowest BCUT2D eigenvalue weighted by atomic mass is 9.72. The van der Waals surface area contributed by atoms with Crippen molar-refractivity contribution in [2.75, 3.05) is 20.2 Å². The maximum atomic E-state index is 13.3. The van der Waals surface area contributed by atoms with Crippen LogP contribution in [0, 0.1) is 29.6 Å². The van der Waals surface area contributed by atoms with Crippen LogP contribution in [0.25, 0.3) is 0 Å². The molecule has 2 fully saturated rings. The summed E-state index contributed by atoms with van der Waals surface area (Å²) in [6.45, 7) is 17.8. The Morgan fingerprint density at radius 3 is 2.36 bits per heavy atom. The van der Waals surface area contributed by atoms with Gasteiger partial charge >= 0.3 is 12.1 Å². The summed E-state index contributed by atoms with van der Waals surface area (Å²) in [5.41, 5.74) is -0.177. The minimum Gasteiger partial charge on any atom is -0.458 e. The Labute approximate surface area is 199 Å². The summed E-state index contributed by atoms with van der Waals surface area (Å²) >= 11 is 0. The zero-order valence-electron chi connectivity index (χ0n) is 22.0. The molecule has 3 rings (SSSR count). The lowest BCUT2D eigenvalue weighted by Gasteiger charge is -2.42. The first kappa shape index (κ1) is 26.0. The SMILES string of the molecule is CC[C@H]1OC(=O)C(C)[C@@H](C)[C@H](C)C[C@](C)(OC)C[C@@H](C)C2=NCCN3C(=O)O[C@@]1(C)[C@H]3C2C. The molecule has 3 heterocycles. The molecular formula is C26H44N2O5. The zero-order chi connectivity index (χ0) is 24.7. The minimum atomic E-state index is -0.936.